The number of halogens is 1. The highest BCUT2D eigenvalue weighted by molar-refractivity contribution is 5.97. The van der Waals surface area contributed by atoms with Gasteiger partial charge in [-0.1, -0.05) is 35.0 Å². The average Bonchev–Trinajstić information content (AvgIpc) is 2.48. The Morgan fingerprint density at radius 3 is 2.48 bits per heavy atom. The summed E-state index contributed by atoms with van der Waals surface area (Å²) in [6.07, 6.45) is 0. The van der Waals surface area contributed by atoms with Gasteiger partial charge in [-0.25, -0.2) is 4.39 Å². The highest BCUT2D eigenvalue weighted by Gasteiger charge is 2.05. The highest BCUT2D eigenvalue weighted by Crippen LogP contribution is 2.10. The van der Waals surface area contributed by atoms with Gasteiger partial charge in [0, 0.05) is 18.7 Å². The van der Waals surface area contributed by atoms with Crippen LogP contribution in [0.25, 0.3) is 0 Å². The predicted octanol–water partition coefficient (Wildman–Crippen LogP) is 2.52. The minimum Gasteiger partial charge on any atom is -0.409 e. The molecule has 0 aliphatic heterocycles. The van der Waals surface area contributed by atoms with Gasteiger partial charge in [0.2, 0.25) is 0 Å². The molecule has 2 aromatic carbocycles. The number of nitrogens with zero attached hydrogens (tertiary/aromatic N) is 1. The molecule has 0 unspecified atom stereocenters. The number of rotatable bonds is 5. The number of hydrogen-bond donors (Lipinski definition) is 3. The summed E-state index contributed by atoms with van der Waals surface area (Å²) < 4.78 is 13.5. The van der Waals surface area contributed by atoms with Crippen LogP contribution < -0.4 is 11.1 Å². The standard InChI is InChI=1S/C16H18FN3O/c1-11-2-4-12(5-3-11)9-19-10-13-6-14(16(18)20-21)8-15(17)7-13/h2-8,19,21H,9-10H2,1H3,(H2,18,20). The summed E-state index contributed by atoms with van der Waals surface area (Å²) in [5.41, 5.74) is 8.96. The number of nitrogens with two attached hydrogens (primary N) is 1. The third-order valence-electron chi connectivity index (χ3n) is 3.14. The summed E-state index contributed by atoms with van der Waals surface area (Å²) >= 11 is 0. The molecule has 0 bridgehead atoms. The number of nitrogens with one attached hydrogen (secondary N) is 1. The quantitative estimate of drug-likeness (QED) is 0.342. The van der Waals surface area contributed by atoms with E-state index in [-0.39, 0.29) is 5.84 Å². The van der Waals surface area contributed by atoms with Crippen LogP contribution in [0.1, 0.15) is 22.3 Å². The van der Waals surface area contributed by atoms with Crippen LogP contribution in [0.2, 0.25) is 0 Å². The fourth-order valence-corrected chi connectivity index (χ4v) is 2.02. The first-order valence-electron chi connectivity index (χ1n) is 6.62. The maximum Gasteiger partial charge on any atom is 0.170 e. The van der Waals surface area contributed by atoms with Gasteiger partial charge in [0.05, 0.1) is 0 Å². The lowest BCUT2D eigenvalue weighted by atomic mass is 10.1. The smallest absolute Gasteiger partial charge is 0.170 e. The van der Waals surface area contributed by atoms with E-state index in [1.165, 1.54) is 17.7 Å². The Labute approximate surface area is 123 Å². The van der Waals surface area contributed by atoms with E-state index in [0.717, 1.165) is 11.1 Å². The normalized spacial score (nSPS) is 11.6. The Kier molecular flexibility index (Phi) is 4.90. The van der Waals surface area contributed by atoms with Crippen molar-refractivity contribution < 1.29 is 9.60 Å². The molecule has 0 aromatic heterocycles. The molecule has 4 nitrogen and oxygen atoms in total. The first kappa shape index (κ1) is 15.0. The van der Waals surface area contributed by atoms with E-state index in [9.17, 15) is 4.39 Å². The molecule has 0 radical (unpaired) electrons. The Morgan fingerprint density at radius 2 is 1.81 bits per heavy atom. The SMILES string of the molecule is Cc1ccc(CNCc2cc(F)cc(/C(N)=N/O)c2)cc1. The van der Waals surface area contributed by atoms with Crippen molar-refractivity contribution in [2.24, 2.45) is 10.9 Å². The topological polar surface area (TPSA) is 70.6 Å². The van der Waals surface area contributed by atoms with Gasteiger partial charge in [0.15, 0.2) is 5.84 Å². The monoisotopic (exact) mass is 287 g/mol. The van der Waals surface area contributed by atoms with E-state index in [1.807, 2.05) is 6.92 Å². The van der Waals surface area contributed by atoms with Crippen LogP contribution in [-0.4, -0.2) is 11.0 Å². The fourth-order valence-electron chi connectivity index (χ4n) is 2.02. The minimum atomic E-state index is -0.411. The number of hydrogen-bond acceptors (Lipinski definition) is 3. The summed E-state index contributed by atoms with van der Waals surface area (Å²) in [5.74, 6) is -0.513. The maximum absolute atomic E-state index is 13.5. The molecule has 4 N–H and O–H groups in total. The van der Waals surface area contributed by atoms with E-state index in [4.69, 9.17) is 10.9 Å². The van der Waals surface area contributed by atoms with E-state index in [2.05, 4.69) is 34.7 Å². The highest BCUT2D eigenvalue weighted by atomic mass is 19.1. The number of benzene rings is 2. The number of amidine groups is 1. The Bertz CT molecular complexity index is 638. The van der Waals surface area contributed by atoms with Crippen molar-refractivity contribution in [3.63, 3.8) is 0 Å². The molecule has 0 saturated carbocycles. The molecule has 0 atom stereocenters. The first-order chi connectivity index (χ1) is 10.1. The van der Waals surface area contributed by atoms with Gasteiger partial charge >= 0.3 is 0 Å². The minimum absolute atomic E-state index is 0.103. The lowest BCUT2D eigenvalue weighted by Crippen LogP contribution is -2.16. The van der Waals surface area contributed by atoms with Crippen LogP contribution >= 0.6 is 0 Å². The molecule has 0 spiro atoms. The molecule has 2 rings (SSSR count). The van der Waals surface area contributed by atoms with Gasteiger partial charge in [0.1, 0.15) is 5.82 Å². The van der Waals surface area contributed by atoms with Crippen molar-refractivity contribution in [3.05, 3.63) is 70.5 Å². The average molecular weight is 287 g/mol. The third-order valence-corrected chi connectivity index (χ3v) is 3.14. The zero-order chi connectivity index (χ0) is 15.2. The van der Waals surface area contributed by atoms with Crippen LogP contribution in [0, 0.1) is 12.7 Å². The van der Waals surface area contributed by atoms with E-state index >= 15 is 0 Å². The van der Waals surface area contributed by atoms with Gasteiger partial charge in [-0.3, -0.25) is 0 Å². The van der Waals surface area contributed by atoms with Crippen molar-refractivity contribution in [2.75, 3.05) is 0 Å². The molecule has 5 heteroatoms. The summed E-state index contributed by atoms with van der Waals surface area (Å²) in [5, 5.41) is 14.8. The molecular weight excluding hydrogens is 269 g/mol. The molecule has 110 valence electrons. The van der Waals surface area contributed by atoms with Crippen molar-refractivity contribution in [3.8, 4) is 0 Å². The second kappa shape index (κ2) is 6.85. The van der Waals surface area contributed by atoms with Crippen LogP contribution in [0.5, 0.6) is 0 Å². The van der Waals surface area contributed by atoms with Crippen molar-refractivity contribution in [2.45, 2.75) is 20.0 Å². The van der Waals surface area contributed by atoms with Crippen LogP contribution in [0.3, 0.4) is 0 Å². The molecule has 0 heterocycles. The molecule has 0 saturated heterocycles. The van der Waals surface area contributed by atoms with Gasteiger partial charge in [-0.15, -0.1) is 0 Å². The Hall–Kier alpha value is -2.40. The predicted molar refractivity (Wildman–Crippen MR) is 80.6 cm³/mol. The Morgan fingerprint density at radius 1 is 1.14 bits per heavy atom. The van der Waals surface area contributed by atoms with Crippen LogP contribution in [-0.2, 0) is 13.1 Å². The van der Waals surface area contributed by atoms with Crippen molar-refractivity contribution >= 4 is 5.84 Å². The van der Waals surface area contributed by atoms with Crippen molar-refractivity contribution in [1.82, 2.24) is 5.32 Å². The summed E-state index contributed by atoms with van der Waals surface area (Å²) in [6, 6.07) is 12.6. The van der Waals surface area contributed by atoms with Crippen molar-refractivity contribution in [1.29, 1.82) is 0 Å². The van der Waals surface area contributed by atoms with E-state index in [1.54, 1.807) is 6.07 Å². The Balaban J connectivity index is 2.00. The lowest BCUT2D eigenvalue weighted by molar-refractivity contribution is 0.318. The number of oxime groups is 1. The molecule has 21 heavy (non-hydrogen) atoms. The first-order valence-corrected chi connectivity index (χ1v) is 6.62. The van der Waals surface area contributed by atoms with Gasteiger partial charge in [-0.2, -0.15) is 0 Å². The zero-order valence-corrected chi connectivity index (χ0v) is 11.8. The molecule has 0 amide bonds. The van der Waals surface area contributed by atoms with Gasteiger partial charge in [-0.05, 0) is 36.2 Å². The third kappa shape index (κ3) is 4.29. The second-order valence-electron chi connectivity index (χ2n) is 4.92. The second-order valence-corrected chi connectivity index (χ2v) is 4.92. The zero-order valence-electron chi connectivity index (χ0n) is 11.8. The summed E-state index contributed by atoms with van der Waals surface area (Å²) in [6.45, 7) is 3.23. The fraction of sp³-hybridized carbons (Fsp3) is 0.188. The number of aryl methyl sites for hydroxylation is 1. The summed E-state index contributed by atoms with van der Waals surface area (Å²) in [4.78, 5) is 0. The summed E-state index contributed by atoms with van der Waals surface area (Å²) in [7, 11) is 0. The molecule has 2 aromatic rings. The van der Waals surface area contributed by atoms with Crippen LogP contribution in [0.15, 0.2) is 47.6 Å². The van der Waals surface area contributed by atoms with E-state index < -0.39 is 5.82 Å². The van der Waals surface area contributed by atoms with E-state index in [0.29, 0.717) is 18.7 Å². The lowest BCUT2D eigenvalue weighted by Gasteiger charge is -2.08. The molecular formula is C16H18FN3O. The molecule has 0 fully saturated rings. The van der Waals surface area contributed by atoms with Crippen LogP contribution in [0.4, 0.5) is 4.39 Å². The molecule has 0 aliphatic carbocycles. The largest absolute Gasteiger partial charge is 0.409 e. The van der Waals surface area contributed by atoms with Gasteiger partial charge in [0.25, 0.3) is 0 Å². The molecule has 0 aliphatic rings. The maximum atomic E-state index is 13.5. The van der Waals surface area contributed by atoms with Gasteiger partial charge < -0.3 is 16.3 Å².